The first kappa shape index (κ1) is 23.4. The molecule has 0 spiro atoms. The summed E-state index contributed by atoms with van der Waals surface area (Å²) in [4.78, 5) is 23.9. The summed E-state index contributed by atoms with van der Waals surface area (Å²) in [5, 5.41) is 6.05. The second kappa shape index (κ2) is 12.0. The molecular formula is C21H23ClF2N2O4. The fraction of sp³-hybridized carbons (Fsp3) is 0.333. The van der Waals surface area contributed by atoms with Gasteiger partial charge in [-0.1, -0.05) is 17.7 Å². The lowest BCUT2D eigenvalue weighted by molar-refractivity contribution is -0.121. The van der Waals surface area contributed by atoms with Crippen molar-refractivity contribution in [3.8, 4) is 11.5 Å². The third-order valence-electron chi connectivity index (χ3n) is 4.15. The van der Waals surface area contributed by atoms with Crippen LogP contribution in [0, 0.1) is 0 Å². The maximum atomic E-state index is 12.5. The molecule has 0 unspecified atom stereocenters. The van der Waals surface area contributed by atoms with E-state index in [-0.39, 0.29) is 29.7 Å². The summed E-state index contributed by atoms with van der Waals surface area (Å²) in [6.07, 6.45) is 1.19. The van der Waals surface area contributed by atoms with E-state index < -0.39 is 6.61 Å². The Bertz CT molecular complexity index is 847. The van der Waals surface area contributed by atoms with Crippen molar-refractivity contribution < 1.29 is 27.8 Å². The number of halogens is 3. The van der Waals surface area contributed by atoms with Crippen LogP contribution >= 0.6 is 11.6 Å². The molecule has 0 aliphatic carbocycles. The van der Waals surface area contributed by atoms with Crippen LogP contribution in [0.15, 0.2) is 42.5 Å². The minimum atomic E-state index is -2.95. The van der Waals surface area contributed by atoms with Crippen LogP contribution in [-0.2, 0) is 11.2 Å². The first-order valence-corrected chi connectivity index (χ1v) is 9.69. The predicted molar refractivity (Wildman–Crippen MR) is 109 cm³/mol. The molecule has 0 aliphatic rings. The van der Waals surface area contributed by atoms with Crippen molar-refractivity contribution in [3.05, 3.63) is 58.6 Å². The summed E-state index contributed by atoms with van der Waals surface area (Å²) >= 11 is 5.78. The van der Waals surface area contributed by atoms with Crippen LogP contribution in [0.4, 0.5) is 8.78 Å². The van der Waals surface area contributed by atoms with Crippen LogP contribution < -0.4 is 20.1 Å². The molecule has 2 rings (SSSR count). The molecule has 0 aliphatic heterocycles. The molecule has 30 heavy (non-hydrogen) atoms. The van der Waals surface area contributed by atoms with E-state index in [1.54, 1.807) is 30.3 Å². The van der Waals surface area contributed by atoms with Gasteiger partial charge in [-0.15, -0.1) is 0 Å². The van der Waals surface area contributed by atoms with Crippen molar-refractivity contribution in [2.45, 2.75) is 25.9 Å². The van der Waals surface area contributed by atoms with Gasteiger partial charge in [-0.25, -0.2) is 0 Å². The molecule has 0 aromatic heterocycles. The average Bonchev–Trinajstić information content (AvgIpc) is 2.71. The maximum absolute atomic E-state index is 12.5. The molecule has 9 heteroatoms. The Morgan fingerprint density at radius 2 is 1.77 bits per heavy atom. The van der Waals surface area contributed by atoms with Gasteiger partial charge in [0.1, 0.15) is 0 Å². The Kier molecular flexibility index (Phi) is 9.34. The summed E-state index contributed by atoms with van der Waals surface area (Å²) in [5.41, 5.74) is 1.22. The summed E-state index contributed by atoms with van der Waals surface area (Å²) in [7, 11) is 1.37. The fourth-order valence-electron chi connectivity index (χ4n) is 2.65. The molecule has 2 amide bonds. The van der Waals surface area contributed by atoms with Crippen LogP contribution in [0.3, 0.4) is 0 Å². The van der Waals surface area contributed by atoms with E-state index in [9.17, 15) is 18.4 Å². The summed E-state index contributed by atoms with van der Waals surface area (Å²) in [6, 6.07) is 11.2. The topological polar surface area (TPSA) is 76.7 Å². The lowest BCUT2D eigenvalue weighted by Crippen LogP contribution is -2.28. The van der Waals surface area contributed by atoms with Crippen LogP contribution in [0.2, 0.25) is 5.02 Å². The molecule has 0 radical (unpaired) electrons. The number of carbonyl (C=O) groups is 2. The molecule has 0 heterocycles. The van der Waals surface area contributed by atoms with Crippen molar-refractivity contribution in [3.63, 3.8) is 0 Å². The van der Waals surface area contributed by atoms with Gasteiger partial charge >= 0.3 is 6.61 Å². The molecule has 2 N–H and O–H groups in total. The monoisotopic (exact) mass is 440 g/mol. The Morgan fingerprint density at radius 1 is 1.03 bits per heavy atom. The van der Waals surface area contributed by atoms with Gasteiger partial charge in [0.05, 0.1) is 7.11 Å². The van der Waals surface area contributed by atoms with Crippen LogP contribution in [-0.4, -0.2) is 38.6 Å². The number of methoxy groups -OCH3 is 1. The molecule has 0 atom stereocenters. The quantitative estimate of drug-likeness (QED) is 0.521. The first-order valence-electron chi connectivity index (χ1n) is 9.31. The number of hydrogen-bond donors (Lipinski definition) is 2. The molecule has 0 saturated heterocycles. The van der Waals surface area contributed by atoms with Crippen molar-refractivity contribution in [2.24, 2.45) is 0 Å². The number of benzene rings is 2. The Labute approximate surface area is 178 Å². The molecule has 6 nitrogen and oxygen atoms in total. The zero-order chi connectivity index (χ0) is 21.9. The summed E-state index contributed by atoms with van der Waals surface area (Å²) < 4.78 is 34.4. The molecule has 2 aromatic carbocycles. The minimum absolute atomic E-state index is 0.0484. The molecule has 162 valence electrons. The van der Waals surface area contributed by atoms with E-state index in [1.165, 1.54) is 19.2 Å². The average molecular weight is 441 g/mol. The second-order valence-electron chi connectivity index (χ2n) is 6.33. The Hall–Kier alpha value is -2.87. The number of amides is 2. The number of alkyl halides is 2. The van der Waals surface area contributed by atoms with Crippen LogP contribution in [0.5, 0.6) is 11.5 Å². The first-order chi connectivity index (χ1) is 14.4. The van der Waals surface area contributed by atoms with Gasteiger partial charge in [0.25, 0.3) is 5.91 Å². The summed E-state index contributed by atoms with van der Waals surface area (Å²) in [5.74, 6) is -0.224. The molecule has 0 fully saturated rings. The molecule has 0 saturated carbocycles. The molecule has 0 bridgehead atoms. The normalized spacial score (nSPS) is 10.6. The Morgan fingerprint density at radius 3 is 2.43 bits per heavy atom. The van der Waals surface area contributed by atoms with E-state index in [2.05, 4.69) is 15.4 Å². The van der Waals surface area contributed by atoms with Gasteiger partial charge in [-0.05, 0) is 54.8 Å². The van der Waals surface area contributed by atoms with Crippen LogP contribution in [0.25, 0.3) is 0 Å². The zero-order valence-corrected chi connectivity index (χ0v) is 17.2. The minimum Gasteiger partial charge on any atom is -0.493 e. The number of ether oxygens (including phenoxy) is 2. The number of nitrogens with one attached hydrogen (secondary N) is 2. The lowest BCUT2D eigenvalue weighted by atomic mass is 10.1. The highest BCUT2D eigenvalue weighted by Crippen LogP contribution is 2.29. The van der Waals surface area contributed by atoms with Crippen molar-refractivity contribution in [2.75, 3.05) is 20.2 Å². The molecule has 2 aromatic rings. The van der Waals surface area contributed by atoms with Gasteiger partial charge in [-0.2, -0.15) is 8.78 Å². The highest BCUT2D eigenvalue weighted by atomic mass is 35.5. The highest BCUT2D eigenvalue weighted by Gasteiger charge is 2.11. The van der Waals surface area contributed by atoms with Crippen molar-refractivity contribution >= 4 is 23.4 Å². The predicted octanol–water partition coefficient (Wildman–Crippen LogP) is 3.82. The summed E-state index contributed by atoms with van der Waals surface area (Å²) in [6.45, 7) is -2.24. The number of rotatable bonds is 11. The number of hydrogen-bond acceptors (Lipinski definition) is 4. The second-order valence-corrected chi connectivity index (χ2v) is 6.77. The van der Waals surface area contributed by atoms with Crippen molar-refractivity contribution in [1.82, 2.24) is 10.6 Å². The van der Waals surface area contributed by atoms with Crippen molar-refractivity contribution in [1.29, 1.82) is 0 Å². The third-order valence-corrected chi connectivity index (χ3v) is 4.40. The standard InChI is InChI=1S/C21H23ClF2N2O4/c1-29-17-9-4-14(13-18(17)30-21(23)24)10-12-25-19(27)3-2-11-26-20(28)15-5-7-16(22)8-6-15/h4-9,13,21H,2-3,10-12H2,1H3,(H,25,27)(H,26,28). The fourth-order valence-corrected chi connectivity index (χ4v) is 2.78. The van der Waals surface area contributed by atoms with Gasteiger partial charge in [-0.3, -0.25) is 9.59 Å². The largest absolute Gasteiger partial charge is 0.493 e. The molecular weight excluding hydrogens is 418 g/mol. The van der Waals surface area contributed by atoms with Gasteiger partial charge in [0, 0.05) is 30.1 Å². The Balaban J connectivity index is 1.67. The van der Waals surface area contributed by atoms with E-state index in [1.807, 2.05) is 0 Å². The third kappa shape index (κ3) is 7.87. The van der Waals surface area contributed by atoms with E-state index in [0.29, 0.717) is 36.5 Å². The smallest absolute Gasteiger partial charge is 0.387 e. The van der Waals surface area contributed by atoms with Crippen LogP contribution in [0.1, 0.15) is 28.8 Å². The van der Waals surface area contributed by atoms with E-state index >= 15 is 0 Å². The van der Waals surface area contributed by atoms with Gasteiger partial charge < -0.3 is 20.1 Å². The SMILES string of the molecule is COc1ccc(CCNC(=O)CCCNC(=O)c2ccc(Cl)cc2)cc1OC(F)F. The van der Waals surface area contributed by atoms with E-state index in [4.69, 9.17) is 16.3 Å². The zero-order valence-electron chi connectivity index (χ0n) is 16.4. The van der Waals surface area contributed by atoms with Gasteiger partial charge in [0.2, 0.25) is 5.91 Å². The lowest BCUT2D eigenvalue weighted by Gasteiger charge is -2.12. The van der Waals surface area contributed by atoms with E-state index in [0.717, 1.165) is 5.56 Å². The maximum Gasteiger partial charge on any atom is 0.387 e. The number of carbonyl (C=O) groups excluding carboxylic acids is 2. The van der Waals surface area contributed by atoms with Gasteiger partial charge in [0.15, 0.2) is 11.5 Å². The highest BCUT2D eigenvalue weighted by molar-refractivity contribution is 6.30.